The van der Waals surface area contributed by atoms with Gasteiger partial charge >= 0.3 is 5.97 Å². The van der Waals surface area contributed by atoms with E-state index in [2.05, 4.69) is 4.98 Å². The number of ether oxygens (including phenoxy) is 1. The lowest BCUT2D eigenvalue weighted by Crippen LogP contribution is -2.00. The minimum Gasteiger partial charge on any atom is -0.455 e. The fourth-order valence-electron chi connectivity index (χ4n) is 2.45. The van der Waals surface area contributed by atoms with Crippen molar-refractivity contribution in [3.63, 3.8) is 0 Å². The van der Waals surface area contributed by atoms with E-state index < -0.39 is 5.97 Å². The van der Waals surface area contributed by atoms with E-state index in [1.807, 2.05) is 48.5 Å². The molecular weight excluding hydrogens is 374 g/mol. The van der Waals surface area contributed by atoms with Gasteiger partial charge in [0, 0.05) is 21.0 Å². The number of carbonyl (C=O) groups is 1. The number of para-hydroxylation sites is 1. The maximum Gasteiger partial charge on any atom is 0.331 e. The number of benzene rings is 2. The Kier molecular flexibility index (Phi) is 4.53. The Hall–Kier alpha value is -2.21. The average molecular weight is 386 g/mol. The topological polar surface area (TPSA) is 39.2 Å². The number of thiazole rings is 1. The Morgan fingerprint density at radius 2 is 1.84 bits per heavy atom. The highest BCUT2D eigenvalue weighted by atomic mass is 35.5. The monoisotopic (exact) mass is 385 g/mol. The molecule has 0 radical (unpaired) electrons. The molecule has 0 saturated heterocycles. The van der Waals surface area contributed by atoms with E-state index in [-0.39, 0.29) is 6.61 Å². The molecule has 0 aliphatic rings. The summed E-state index contributed by atoms with van der Waals surface area (Å²) >= 11 is 9.43. The molecule has 4 rings (SSSR count). The second kappa shape index (κ2) is 6.96. The van der Waals surface area contributed by atoms with E-state index in [4.69, 9.17) is 16.3 Å². The molecule has 0 spiro atoms. The SMILES string of the molecule is O=C(/C=C/c1sc2ccccc2c1Cl)OCc1nc2ccccc2s1. The third-order valence-electron chi connectivity index (χ3n) is 3.61. The Bertz CT molecular complexity index is 1060. The molecule has 0 aliphatic heterocycles. The van der Waals surface area contributed by atoms with Gasteiger partial charge in [-0.25, -0.2) is 9.78 Å². The van der Waals surface area contributed by atoms with Gasteiger partial charge in [0.2, 0.25) is 0 Å². The smallest absolute Gasteiger partial charge is 0.331 e. The average Bonchev–Trinajstić information content (AvgIpc) is 3.19. The van der Waals surface area contributed by atoms with Gasteiger partial charge in [0.15, 0.2) is 0 Å². The number of nitrogens with zero attached hydrogens (tertiary/aromatic N) is 1. The highest BCUT2D eigenvalue weighted by molar-refractivity contribution is 7.20. The fourth-order valence-corrected chi connectivity index (χ4v) is 4.73. The minimum absolute atomic E-state index is 0.169. The van der Waals surface area contributed by atoms with Crippen molar-refractivity contribution in [2.45, 2.75) is 6.61 Å². The molecule has 25 heavy (non-hydrogen) atoms. The summed E-state index contributed by atoms with van der Waals surface area (Å²) in [6.45, 7) is 0.169. The van der Waals surface area contributed by atoms with Gasteiger partial charge in [0.05, 0.1) is 15.2 Å². The molecule has 2 heterocycles. The third-order valence-corrected chi connectivity index (χ3v) is 6.27. The minimum atomic E-state index is -0.409. The molecule has 0 unspecified atom stereocenters. The van der Waals surface area contributed by atoms with Gasteiger partial charge in [-0.1, -0.05) is 41.9 Å². The van der Waals surface area contributed by atoms with Gasteiger partial charge < -0.3 is 4.74 Å². The highest BCUT2D eigenvalue weighted by Crippen LogP contribution is 2.35. The molecule has 2 aromatic heterocycles. The van der Waals surface area contributed by atoms with Gasteiger partial charge in [0.1, 0.15) is 11.6 Å². The number of esters is 1. The molecule has 6 heteroatoms. The van der Waals surface area contributed by atoms with E-state index in [0.29, 0.717) is 5.02 Å². The van der Waals surface area contributed by atoms with Gasteiger partial charge in [-0.3, -0.25) is 0 Å². The van der Waals surface area contributed by atoms with Crippen LogP contribution in [0.25, 0.3) is 26.4 Å². The number of hydrogen-bond acceptors (Lipinski definition) is 5. The predicted octanol–water partition coefficient (Wildman–Crippen LogP) is 5.92. The van der Waals surface area contributed by atoms with Gasteiger partial charge in [-0.15, -0.1) is 22.7 Å². The maximum atomic E-state index is 12.0. The van der Waals surface area contributed by atoms with Gasteiger partial charge in [0.25, 0.3) is 0 Å². The van der Waals surface area contributed by atoms with Crippen LogP contribution in [-0.4, -0.2) is 11.0 Å². The molecular formula is C19H12ClNO2S2. The third kappa shape index (κ3) is 3.44. The molecule has 2 aromatic carbocycles. The van der Waals surface area contributed by atoms with Crippen LogP contribution in [-0.2, 0) is 16.1 Å². The standard InChI is InChI=1S/C19H12ClNO2S2/c20-19-12-5-1-3-7-14(12)24-16(19)9-10-18(22)23-11-17-21-13-6-2-4-8-15(13)25-17/h1-10H,11H2/b10-9+. The van der Waals surface area contributed by atoms with Crippen molar-refractivity contribution in [1.82, 2.24) is 4.98 Å². The lowest BCUT2D eigenvalue weighted by molar-refractivity contribution is -0.138. The Balaban J connectivity index is 1.44. The lowest BCUT2D eigenvalue weighted by atomic mass is 10.2. The first-order chi connectivity index (χ1) is 12.2. The number of aromatic nitrogens is 1. The van der Waals surface area contributed by atoms with Crippen molar-refractivity contribution < 1.29 is 9.53 Å². The van der Waals surface area contributed by atoms with Crippen molar-refractivity contribution in [3.05, 3.63) is 69.5 Å². The summed E-state index contributed by atoms with van der Waals surface area (Å²) in [5, 5.41) is 2.44. The Morgan fingerprint density at radius 1 is 1.08 bits per heavy atom. The number of thiophene rings is 1. The number of rotatable bonds is 4. The summed E-state index contributed by atoms with van der Waals surface area (Å²) in [6.07, 6.45) is 3.11. The first-order valence-electron chi connectivity index (χ1n) is 7.57. The summed E-state index contributed by atoms with van der Waals surface area (Å²) in [4.78, 5) is 17.3. The molecule has 0 aliphatic carbocycles. The molecule has 124 valence electrons. The summed E-state index contributed by atoms with van der Waals surface area (Å²) < 4.78 is 7.45. The van der Waals surface area contributed by atoms with Crippen molar-refractivity contribution in [2.24, 2.45) is 0 Å². The van der Waals surface area contributed by atoms with Crippen molar-refractivity contribution in [2.75, 3.05) is 0 Å². The Morgan fingerprint density at radius 3 is 2.64 bits per heavy atom. The predicted molar refractivity (Wildman–Crippen MR) is 105 cm³/mol. The molecule has 0 bridgehead atoms. The number of fused-ring (bicyclic) bond motifs is 2. The second-order valence-corrected chi connectivity index (χ2v) is 7.87. The summed E-state index contributed by atoms with van der Waals surface area (Å²) in [7, 11) is 0. The van der Waals surface area contributed by atoms with E-state index >= 15 is 0 Å². The largest absolute Gasteiger partial charge is 0.455 e. The fraction of sp³-hybridized carbons (Fsp3) is 0.0526. The highest BCUT2D eigenvalue weighted by Gasteiger charge is 2.09. The van der Waals surface area contributed by atoms with Crippen LogP contribution in [0, 0.1) is 0 Å². The van der Waals surface area contributed by atoms with Crippen molar-refractivity contribution in [3.8, 4) is 0 Å². The van der Waals surface area contributed by atoms with E-state index in [9.17, 15) is 4.79 Å². The second-order valence-electron chi connectivity index (χ2n) is 5.29. The first-order valence-corrected chi connectivity index (χ1v) is 9.58. The summed E-state index contributed by atoms with van der Waals surface area (Å²) in [5.41, 5.74) is 0.922. The molecule has 0 N–H and O–H groups in total. The van der Waals surface area contributed by atoms with Crippen LogP contribution in [0.3, 0.4) is 0 Å². The van der Waals surface area contributed by atoms with Crippen LogP contribution < -0.4 is 0 Å². The summed E-state index contributed by atoms with van der Waals surface area (Å²) in [5.74, 6) is -0.409. The summed E-state index contributed by atoms with van der Waals surface area (Å²) in [6, 6.07) is 15.7. The zero-order chi connectivity index (χ0) is 17.2. The number of hydrogen-bond donors (Lipinski definition) is 0. The normalized spacial score (nSPS) is 11.6. The number of halogens is 1. The lowest BCUT2D eigenvalue weighted by Gasteiger charge is -1.97. The Labute approximate surface area is 157 Å². The van der Waals surface area contributed by atoms with E-state index in [0.717, 1.165) is 30.2 Å². The van der Waals surface area contributed by atoms with Crippen LogP contribution in [0.1, 0.15) is 9.88 Å². The van der Waals surface area contributed by atoms with Crippen molar-refractivity contribution >= 4 is 66.6 Å². The van der Waals surface area contributed by atoms with Crippen LogP contribution in [0.5, 0.6) is 0 Å². The molecule has 0 amide bonds. The maximum absolute atomic E-state index is 12.0. The molecule has 0 fully saturated rings. The van der Waals surface area contributed by atoms with Gasteiger partial charge in [-0.05, 0) is 24.3 Å². The van der Waals surface area contributed by atoms with E-state index in [1.165, 1.54) is 17.4 Å². The molecule has 0 saturated carbocycles. The van der Waals surface area contributed by atoms with Crippen LogP contribution in [0.4, 0.5) is 0 Å². The molecule has 4 aromatic rings. The van der Waals surface area contributed by atoms with Crippen LogP contribution in [0.2, 0.25) is 5.02 Å². The first kappa shape index (κ1) is 16.3. The number of carbonyl (C=O) groups excluding carboxylic acids is 1. The van der Waals surface area contributed by atoms with E-state index in [1.54, 1.807) is 17.4 Å². The van der Waals surface area contributed by atoms with Gasteiger partial charge in [-0.2, -0.15) is 0 Å². The van der Waals surface area contributed by atoms with Crippen LogP contribution in [0.15, 0.2) is 54.6 Å². The molecule has 3 nitrogen and oxygen atoms in total. The zero-order valence-corrected chi connectivity index (χ0v) is 15.3. The quantitative estimate of drug-likeness (QED) is 0.323. The molecule has 0 atom stereocenters. The van der Waals surface area contributed by atoms with Crippen LogP contribution >= 0.6 is 34.3 Å². The zero-order valence-electron chi connectivity index (χ0n) is 12.9. The van der Waals surface area contributed by atoms with Crippen molar-refractivity contribution in [1.29, 1.82) is 0 Å².